The Labute approximate surface area is 209 Å². The number of nitrogens with zero attached hydrogens (tertiary/aromatic N) is 1. The monoisotopic (exact) mass is 484 g/mol. The standard InChI is InChI=1S/C28H40N2O5/c1-5-7-8-9-15-26(33)35-20-28(3,4)29-27(34)22(12-6-2)17-25(32)30-18-23-14-11-10-13-21(23)16-24(30)19-31/h5-6,10-11,13-14,22,24,31H,1-2,7-9,12,15-20H2,3-4H3,(H,29,34)/t22-,24+/m1/s1. The van der Waals surface area contributed by atoms with Gasteiger partial charge in [-0.15, -0.1) is 13.2 Å². The molecule has 192 valence electrons. The number of hydrogen-bond acceptors (Lipinski definition) is 5. The third-order valence-corrected chi connectivity index (χ3v) is 6.22. The van der Waals surface area contributed by atoms with Gasteiger partial charge in [-0.25, -0.2) is 0 Å². The van der Waals surface area contributed by atoms with Crippen molar-refractivity contribution in [2.75, 3.05) is 13.2 Å². The second-order valence-electron chi connectivity index (χ2n) is 9.82. The van der Waals surface area contributed by atoms with Crippen LogP contribution >= 0.6 is 0 Å². The van der Waals surface area contributed by atoms with Crippen LogP contribution in [-0.2, 0) is 32.1 Å². The van der Waals surface area contributed by atoms with Gasteiger partial charge >= 0.3 is 5.97 Å². The molecule has 1 aromatic carbocycles. The molecule has 2 amide bonds. The van der Waals surface area contributed by atoms with Crippen molar-refractivity contribution in [3.05, 3.63) is 60.7 Å². The van der Waals surface area contributed by atoms with E-state index in [-0.39, 0.29) is 43.5 Å². The number of aliphatic hydroxyl groups is 1. The number of hydrogen-bond donors (Lipinski definition) is 2. The molecule has 0 saturated carbocycles. The highest BCUT2D eigenvalue weighted by molar-refractivity contribution is 5.86. The van der Waals surface area contributed by atoms with Gasteiger partial charge < -0.3 is 20.1 Å². The SMILES string of the molecule is C=CCCCCC(=O)OCC(C)(C)NC(=O)[C@H](CC=C)CC(=O)N1Cc2ccccc2C[C@H]1CO. The summed E-state index contributed by atoms with van der Waals surface area (Å²) in [6, 6.07) is 7.58. The van der Waals surface area contributed by atoms with E-state index in [4.69, 9.17) is 4.74 Å². The first-order chi connectivity index (χ1) is 16.7. The zero-order chi connectivity index (χ0) is 25.8. The summed E-state index contributed by atoms with van der Waals surface area (Å²) >= 11 is 0. The Morgan fingerprint density at radius 2 is 1.91 bits per heavy atom. The molecule has 0 bridgehead atoms. The van der Waals surface area contributed by atoms with E-state index in [1.54, 1.807) is 24.8 Å². The molecule has 2 atom stereocenters. The van der Waals surface area contributed by atoms with Crippen molar-refractivity contribution in [1.29, 1.82) is 0 Å². The van der Waals surface area contributed by atoms with Crippen LogP contribution in [-0.4, -0.2) is 52.6 Å². The van der Waals surface area contributed by atoms with E-state index < -0.39 is 11.5 Å². The Morgan fingerprint density at radius 3 is 2.57 bits per heavy atom. The minimum atomic E-state index is -0.784. The fraction of sp³-hybridized carbons (Fsp3) is 0.536. The average molecular weight is 485 g/mol. The molecule has 1 aliphatic heterocycles. The van der Waals surface area contributed by atoms with E-state index in [1.807, 2.05) is 30.3 Å². The molecule has 0 spiro atoms. The van der Waals surface area contributed by atoms with E-state index in [2.05, 4.69) is 18.5 Å². The molecule has 2 N–H and O–H groups in total. The topological polar surface area (TPSA) is 95.9 Å². The Morgan fingerprint density at radius 1 is 1.20 bits per heavy atom. The van der Waals surface area contributed by atoms with Crippen LogP contribution in [0.25, 0.3) is 0 Å². The van der Waals surface area contributed by atoms with Gasteiger partial charge in [0.1, 0.15) is 6.61 Å². The summed E-state index contributed by atoms with van der Waals surface area (Å²) in [4.78, 5) is 40.0. The maximum absolute atomic E-state index is 13.2. The normalized spacial score (nSPS) is 16.1. The lowest BCUT2D eigenvalue weighted by atomic mass is 9.92. The quantitative estimate of drug-likeness (QED) is 0.238. The maximum Gasteiger partial charge on any atom is 0.305 e. The number of benzene rings is 1. The molecular weight excluding hydrogens is 444 g/mol. The van der Waals surface area contributed by atoms with Crippen LogP contribution in [0.15, 0.2) is 49.6 Å². The minimum absolute atomic E-state index is 0.00961. The highest BCUT2D eigenvalue weighted by Crippen LogP contribution is 2.25. The molecule has 0 radical (unpaired) electrons. The van der Waals surface area contributed by atoms with Crippen LogP contribution in [0, 0.1) is 5.92 Å². The largest absolute Gasteiger partial charge is 0.463 e. The number of unbranched alkanes of at least 4 members (excludes halogenated alkanes) is 2. The van der Waals surface area contributed by atoms with Gasteiger partial charge in [0.25, 0.3) is 0 Å². The van der Waals surface area contributed by atoms with Crippen LogP contribution in [0.5, 0.6) is 0 Å². The molecule has 1 heterocycles. The number of nitrogens with one attached hydrogen (secondary N) is 1. The summed E-state index contributed by atoms with van der Waals surface area (Å²) < 4.78 is 5.36. The zero-order valence-corrected chi connectivity index (χ0v) is 21.1. The van der Waals surface area contributed by atoms with Crippen LogP contribution in [0.1, 0.15) is 63.5 Å². The molecule has 0 unspecified atom stereocenters. The predicted molar refractivity (Wildman–Crippen MR) is 136 cm³/mol. The molecule has 0 fully saturated rings. The number of fused-ring (bicyclic) bond motifs is 1. The Balaban J connectivity index is 1.95. The summed E-state index contributed by atoms with van der Waals surface area (Å²) in [5, 5.41) is 12.8. The average Bonchev–Trinajstić information content (AvgIpc) is 2.84. The lowest BCUT2D eigenvalue weighted by Crippen LogP contribution is -2.51. The molecule has 35 heavy (non-hydrogen) atoms. The van der Waals surface area contributed by atoms with Crippen molar-refractivity contribution in [2.45, 2.75) is 76.9 Å². The number of carbonyl (C=O) groups is 3. The number of allylic oxidation sites excluding steroid dienone is 2. The van der Waals surface area contributed by atoms with E-state index in [0.29, 0.717) is 25.8 Å². The van der Waals surface area contributed by atoms with Crippen molar-refractivity contribution in [3.63, 3.8) is 0 Å². The number of carbonyl (C=O) groups excluding carboxylic acids is 3. The fourth-order valence-electron chi connectivity index (χ4n) is 4.22. The molecular formula is C28H40N2O5. The molecule has 2 rings (SSSR count). The van der Waals surface area contributed by atoms with Gasteiger partial charge in [-0.05, 0) is 57.1 Å². The first-order valence-electron chi connectivity index (χ1n) is 12.4. The summed E-state index contributed by atoms with van der Waals surface area (Å²) in [7, 11) is 0. The molecule has 0 aromatic heterocycles. The second-order valence-corrected chi connectivity index (χ2v) is 9.82. The number of rotatable bonds is 14. The second kappa shape index (κ2) is 13.8. The summed E-state index contributed by atoms with van der Waals surface area (Å²) in [6.45, 7) is 11.3. The Kier molecular flexibility index (Phi) is 11.2. The highest BCUT2D eigenvalue weighted by Gasteiger charge is 2.33. The first-order valence-corrected chi connectivity index (χ1v) is 12.4. The summed E-state index contributed by atoms with van der Waals surface area (Å²) in [6.07, 6.45) is 7.19. The highest BCUT2D eigenvalue weighted by atomic mass is 16.5. The van der Waals surface area contributed by atoms with Crippen LogP contribution < -0.4 is 5.32 Å². The number of ether oxygens (including phenoxy) is 1. The van der Waals surface area contributed by atoms with Gasteiger partial charge in [0.05, 0.1) is 24.1 Å². The zero-order valence-electron chi connectivity index (χ0n) is 21.1. The number of esters is 1. The van der Waals surface area contributed by atoms with Gasteiger partial charge in [-0.1, -0.05) is 36.4 Å². The summed E-state index contributed by atoms with van der Waals surface area (Å²) in [5.41, 5.74) is 1.41. The first kappa shape index (κ1) is 28.3. The van der Waals surface area contributed by atoms with E-state index in [1.165, 1.54) is 0 Å². The number of amides is 2. The molecule has 0 saturated heterocycles. The van der Waals surface area contributed by atoms with Gasteiger partial charge in [0, 0.05) is 19.4 Å². The van der Waals surface area contributed by atoms with Crippen molar-refractivity contribution in [1.82, 2.24) is 10.2 Å². The minimum Gasteiger partial charge on any atom is -0.463 e. The van der Waals surface area contributed by atoms with Crippen molar-refractivity contribution in [2.24, 2.45) is 5.92 Å². The van der Waals surface area contributed by atoms with Crippen molar-refractivity contribution in [3.8, 4) is 0 Å². The van der Waals surface area contributed by atoms with Crippen LogP contribution in [0.4, 0.5) is 0 Å². The molecule has 1 aromatic rings. The molecule has 7 nitrogen and oxygen atoms in total. The van der Waals surface area contributed by atoms with E-state index in [9.17, 15) is 19.5 Å². The Hall–Kier alpha value is -2.93. The van der Waals surface area contributed by atoms with Crippen LogP contribution in [0.3, 0.4) is 0 Å². The van der Waals surface area contributed by atoms with Gasteiger partial charge in [0.2, 0.25) is 11.8 Å². The lowest BCUT2D eigenvalue weighted by Gasteiger charge is -2.37. The molecule has 1 aliphatic rings. The fourth-order valence-corrected chi connectivity index (χ4v) is 4.22. The van der Waals surface area contributed by atoms with Gasteiger partial charge in [-0.3, -0.25) is 14.4 Å². The Bertz CT molecular complexity index is 895. The summed E-state index contributed by atoms with van der Waals surface area (Å²) in [5.74, 6) is -1.37. The third-order valence-electron chi connectivity index (χ3n) is 6.22. The third kappa shape index (κ3) is 8.98. The van der Waals surface area contributed by atoms with Crippen molar-refractivity contribution >= 4 is 17.8 Å². The van der Waals surface area contributed by atoms with Crippen LogP contribution in [0.2, 0.25) is 0 Å². The van der Waals surface area contributed by atoms with Gasteiger partial charge in [0.15, 0.2) is 0 Å². The van der Waals surface area contributed by atoms with E-state index >= 15 is 0 Å². The maximum atomic E-state index is 13.2. The number of aliphatic hydroxyl groups excluding tert-OH is 1. The van der Waals surface area contributed by atoms with Gasteiger partial charge in [-0.2, -0.15) is 0 Å². The van der Waals surface area contributed by atoms with E-state index in [0.717, 1.165) is 30.4 Å². The smallest absolute Gasteiger partial charge is 0.305 e. The molecule has 0 aliphatic carbocycles. The lowest BCUT2D eigenvalue weighted by molar-refractivity contribution is -0.147. The predicted octanol–water partition coefficient (Wildman–Crippen LogP) is 3.70. The molecule has 7 heteroatoms. The van der Waals surface area contributed by atoms with Crippen molar-refractivity contribution < 1.29 is 24.2 Å².